The minimum atomic E-state index is 0.456. The van der Waals surface area contributed by atoms with Gasteiger partial charge in [0.05, 0.1) is 24.4 Å². The third kappa shape index (κ3) is 337. The van der Waals surface area contributed by atoms with Crippen LogP contribution in [0.4, 0.5) is 0 Å². The van der Waals surface area contributed by atoms with Gasteiger partial charge < -0.3 is 9.51 Å². The SMILES string of the molecule is CC.CC.CC.CC.CC.CC.CC.CC.CC.CC.CC.CC.CC(C)C.CC(C)C.CC(C)C.CC(C)C.CC(C)C.CC(C)C.CC(C)C.CC(C)C.CC(C)C.CC(C)C1=NCN=C1.CC(C)c1ncn[nH]1.CC(C)n1cccn1.c1c[nH]cn1.c1ccccc1.c1ccncc1.c1ccnnc1.c1cnccn1.c1cncnc1.c1cnncn1.c1cnoc1.c1cnsc1. The summed E-state index contributed by atoms with van der Waals surface area (Å²) in [6.07, 6.45) is 39.8. The lowest BCUT2D eigenvalue weighted by Gasteiger charge is -2.01. The van der Waals surface area contributed by atoms with E-state index in [1.165, 1.54) is 43.0 Å². The molecule has 23 heteroatoms. The summed E-state index contributed by atoms with van der Waals surface area (Å²) in [5.41, 5.74) is 1.13. The number of H-pyrrole nitrogens is 2. The van der Waals surface area contributed by atoms with Crippen LogP contribution in [0.1, 0.15) is 412 Å². The molecule has 0 radical (unpaired) electrons. The van der Waals surface area contributed by atoms with Gasteiger partial charge >= 0.3 is 0 Å². The van der Waals surface area contributed by atoms with E-state index in [0.29, 0.717) is 24.5 Å². The summed E-state index contributed by atoms with van der Waals surface area (Å²) < 4.78 is 10.0. The molecule has 0 unspecified atom stereocenters. The maximum atomic E-state index is 4.33. The van der Waals surface area contributed by atoms with Gasteiger partial charge in [-0.3, -0.25) is 34.7 Å². The molecule has 0 bridgehead atoms. The zero-order valence-electron chi connectivity index (χ0n) is 99.0. The molecule has 22 nitrogen and oxygen atoms in total. The minimum Gasteiger partial charge on any atom is -0.365 e. The second-order valence-electron chi connectivity index (χ2n) is 29.7. The molecule has 11 aromatic rings. The van der Waals surface area contributed by atoms with Crippen molar-refractivity contribution in [3.8, 4) is 0 Å². The van der Waals surface area contributed by atoms with E-state index in [1.54, 1.807) is 118 Å². The van der Waals surface area contributed by atoms with Crippen molar-refractivity contribution in [2.75, 3.05) is 6.67 Å². The molecule has 12 rings (SSSR count). The van der Waals surface area contributed by atoms with Crippen LogP contribution in [0.5, 0.6) is 0 Å². The molecule has 0 aliphatic carbocycles. The van der Waals surface area contributed by atoms with Crippen LogP contribution in [-0.4, -0.2) is 113 Å². The van der Waals surface area contributed by atoms with Crippen LogP contribution in [0.25, 0.3) is 0 Å². The predicted octanol–water partition coefficient (Wildman–Crippen LogP) is 37.1. The number of benzene rings is 1. The molecule has 0 amide bonds. The molecular formula is C112H227N21OS. The first-order valence-electron chi connectivity index (χ1n) is 50.5. The van der Waals surface area contributed by atoms with Gasteiger partial charge in [0, 0.05) is 123 Å². The van der Waals surface area contributed by atoms with Crippen LogP contribution in [-0.2, 0) is 0 Å². The highest BCUT2D eigenvalue weighted by Crippen LogP contribution is 2.04. The van der Waals surface area contributed by atoms with E-state index >= 15 is 0 Å². The molecule has 1 aliphatic heterocycles. The average Bonchev–Trinajstić information content (AvgIpc) is 1.84. The Morgan fingerprint density at radius 1 is 0.304 bits per heavy atom. The molecular weight excluding hydrogens is 1690 g/mol. The highest BCUT2D eigenvalue weighted by atomic mass is 32.1. The zero-order chi connectivity index (χ0) is 110. The molecule has 135 heavy (non-hydrogen) atoms. The Hall–Kier alpha value is -9.64. The molecule has 0 spiro atoms. The number of nitrogens with one attached hydrogen (secondary N) is 2. The summed E-state index contributed by atoms with van der Waals surface area (Å²) in [4.78, 5) is 40.6. The molecule has 0 saturated carbocycles. The maximum absolute atomic E-state index is 4.33. The lowest BCUT2D eigenvalue weighted by molar-refractivity contribution is 0.420. The lowest BCUT2D eigenvalue weighted by atomic mass is 10.1. The molecule has 0 saturated heterocycles. The molecule has 10 aromatic heterocycles. The van der Waals surface area contributed by atoms with Crippen LogP contribution in [0, 0.1) is 59.2 Å². The van der Waals surface area contributed by atoms with Gasteiger partial charge in [0.2, 0.25) is 0 Å². The third-order valence-corrected chi connectivity index (χ3v) is 7.88. The van der Waals surface area contributed by atoms with Gasteiger partial charge in [-0.25, -0.2) is 29.3 Å². The largest absolute Gasteiger partial charge is 0.365 e. The van der Waals surface area contributed by atoms with Crippen LogP contribution < -0.4 is 0 Å². The van der Waals surface area contributed by atoms with Gasteiger partial charge in [-0.05, 0) is 133 Å². The monoisotopic (exact) mass is 1910 g/mol. The van der Waals surface area contributed by atoms with E-state index in [1.807, 2.05) is 268 Å². The highest BCUT2D eigenvalue weighted by Gasteiger charge is 2.03. The summed E-state index contributed by atoms with van der Waals surface area (Å²) in [5, 5.41) is 29.8. The van der Waals surface area contributed by atoms with Crippen molar-refractivity contribution in [2.24, 2.45) is 69.2 Å². The number of aromatic nitrogens is 19. The van der Waals surface area contributed by atoms with Crippen molar-refractivity contribution in [3.63, 3.8) is 0 Å². The van der Waals surface area contributed by atoms with Gasteiger partial charge in [0.25, 0.3) is 0 Å². The summed E-state index contributed by atoms with van der Waals surface area (Å²) in [6.45, 7) is 120. The Morgan fingerprint density at radius 2 is 0.644 bits per heavy atom. The predicted molar refractivity (Wildman–Crippen MR) is 613 cm³/mol. The Bertz CT molecular complexity index is 2470. The molecule has 792 valence electrons. The van der Waals surface area contributed by atoms with E-state index in [2.05, 4.69) is 333 Å². The second kappa shape index (κ2) is 196. The van der Waals surface area contributed by atoms with Crippen LogP contribution in [0.3, 0.4) is 0 Å². The van der Waals surface area contributed by atoms with Crippen LogP contribution >= 0.6 is 11.5 Å². The van der Waals surface area contributed by atoms with Crippen molar-refractivity contribution in [1.82, 2.24) is 94.8 Å². The Morgan fingerprint density at radius 3 is 0.756 bits per heavy atom. The molecule has 0 atom stereocenters. The highest BCUT2D eigenvalue weighted by molar-refractivity contribution is 7.03. The zero-order valence-corrected chi connectivity index (χ0v) is 99.9. The Kier molecular flexibility index (Phi) is 258. The Balaban J connectivity index is -0.0000000528. The molecule has 1 aromatic carbocycles. The van der Waals surface area contributed by atoms with Crippen molar-refractivity contribution >= 4 is 23.5 Å². The van der Waals surface area contributed by atoms with Gasteiger partial charge in [-0.15, -0.1) is 5.10 Å². The van der Waals surface area contributed by atoms with E-state index < -0.39 is 0 Å². The average molecular weight is 1920 g/mol. The fourth-order valence-corrected chi connectivity index (χ4v) is 4.29. The topological polar surface area (TPSA) is 281 Å². The summed E-state index contributed by atoms with van der Waals surface area (Å²) in [5.74, 6) is 9.45. The van der Waals surface area contributed by atoms with Crippen molar-refractivity contribution < 1.29 is 4.52 Å². The molecule has 11 heterocycles. The summed E-state index contributed by atoms with van der Waals surface area (Å²) in [6, 6.07) is 29.2. The number of hydrogen-bond donors (Lipinski definition) is 2. The van der Waals surface area contributed by atoms with Crippen LogP contribution in [0.15, 0.2) is 254 Å². The standard InChI is InChI=1S/2C6H10N2.C6H6.C5H9N3.C5H5N.3C4H4N2.9C4H10.C3H3N3.C3H4N2.C3H3NO.C3H3NS.12C2H6/c1-5(2)6-3-7-4-8-6;1-6(2)8-5-3-4-7-8;1-2-4-6-5-3-1;1-4(2)5-6-3-7-8-5;1-2-4-6-5-3-1;1-2-6-4-3-5-1;1-2-5-4-6-3-1;1-2-4-6-5-3-1;9*1-4(2)3;1-2-5-6-3-4-1;1-2-5-3-4-1;2*1-2-4-5-3-1;12*1-2/h3,5H,4H2,1-2H3;3-6H,1-2H3;1-6H;3-4H,1-2H3,(H,6,7,8);1-5H;3*1-4H;9*4H,1-3H3;1-3H;1-3H,(H,4,5);2*1-3H;12*1-2H3. The van der Waals surface area contributed by atoms with Crippen molar-refractivity contribution in [3.05, 3.63) is 245 Å². The van der Waals surface area contributed by atoms with E-state index in [0.717, 1.165) is 64.8 Å². The summed E-state index contributed by atoms with van der Waals surface area (Å²) in [7, 11) is 0. The van der Waals surface area contributed by atoms with Gasteiger partial charge in [0.1, 0.15) is 37.7 Å². The van der Waals surface area contributed by atoms with E-state index in [4.69, 9.17) is 0 Å². The number of hydrogen-bond acceptors (Lipinski definition) is 20. The fourth-order valence-electron chi connectivity index (χ4n) is 3.94. The third-order valence-electron chi connectivity index (χ3n) is 7.36. The first kappa shape index (κ1) is 178. The normalized spacial score (nSPS) is 8.23. The lowest BCUT2D eigenvalue weighted by Crippen LogP contribution is -2.05. The van der Waals surface area contributed by atoms with Gasteiger partial charge in [0.15, 0.2) is 0 Å². The fraction of sp³-hybridized carbons (Fsp3) is 0.625. The minimum absolute atomic E-state index is 0.456. The number of rotatable bonds is 3. The van der Waals surface area contributed by atoms with Gasteiger partial charge in [-0.1, -0.05) is 428 Å². The number of aromatic amines is 2. The maximum Gasteiger partial charge on any atom is 0.138 e. The number of nitrogens with zero attached hydrogens (tertiary/aromatic N) is 19. The number of pyridine rings is 1. The quantitative estimate of drug-likeness (QED) is 0.166. The van der Waals surface area contributed by atoms with Crippen molar-refractivity contribution in [1.29, 1.82) is 0 Å². The van der Waals surface area contributed by atoms with Crippen molar-refractivity contribution in [2.45, 2.75) is 407 Å². The van der Waals surface area contributed by atoms with Crippen LogP contribution in [0.2, 0.25) is 0 Å². The molecule has 0 fully saturated rings. The number of imidazole rings is 1. The van der Waals surface area contributed by atoms with E-state index in [-0.39, 0.29) is 0 Å². The second-order valence-corrected chi connectivity index (χ2v) is 30.4. The number of aliphatic imine (C=N–C) groups is 2. The summed E-state index contributed by atoms with van der Waals surface area (Å²) >= 11 is 1.46. The van der Waals surface area contributed by atoms with E-state index in [9.17, 15) is 0 Å². The first-order chi connectivity index (χ1) is 64.5. The van der Waals surface area contributed by atoms with Gasteiger partial charge in [-0.2, -0.15) is 25.5 Å². The molecule has 2 N–H and O–H groups in total. The first-order valence-corrected chi connectivity index (χ1v) is 51.4. The Labute approximate surface area is 845 Å². The smallest absolute Gasteiger partial charge is 0.138 e. The molecule has 1 aliphatic rings.